The van der Waals surface area contributed by atoms with E-state index in [2.05, 4.69) is 10.0 Å². The van der Waals surface area contributed by atoms with Gasteiger partial charge in [-0.2, -0.15) is 13.2 Å². The topological polar surface area (TPSA) is 58.2 Å². The lowest BCUT2D eigenvalue weighted by atomic mass is 10.1. The first-order valence-corrected chi connectivity index (χ1v) is 7.55. The van der Waals surface area contributed by atoms with Crippen LogP contribution in [0, 0.1) is 6.92 Å². The van der Waals surface area contributed by atoms with Gasteiger partial charge in [-0.3, -0.25) is 0 Å². The summed E-state index contributed by atoms with van der Waals surface area (Å²) in [5, 5.41) is 2.92. The van der Waals surface area contributed by atoms with Crippen molar-refractivity contribution < 1.29 is 21.6 Å². The van der Waals surface area contributed by atoms with Crippen molar-refractivity contribution in [3.05, 3.63) is 29.3 Å². The van der Waals surface area contributed by atoms with Gasteiger partial charge in [0.25, 0.3) is 0 Å². The summed E-state index contributed by atoms with van der Waals surface area (Å²) in [5.74, 6) is 0. The number of halogens is 3. The number of benzene rings is 1. The Labute approximate surface area is 116 Å². The van der Waals surface area contributed by atoms with Gasteiger partial charge in [-0.1, -0.05) is 13.0 Å². The van der Waals surface area contributed by atoms with Crippen LogP contribution < -0.4 is 10.0 Å². The highest BCUT2D eigenvalue weighted by Crippen LogP contribution is 2.31. The molecule has 1 aromatic rings. The van der Waals surface area contributed by atoms with Crippen LogP contribution in [-0.4, -0.2) is 28.1 Å². The predicted molar refractivity (Wildman–Crippen MR) is 69.9 cm³/mol. The van der Waals surface area contributed by atoms with Gasteiger partial charge in [-0.15, -0.1) is 0 Å². The van der Waals surface area contributed by atoms with Crippen molar-refractivity contribution in [1.82, 2.24) is 10.0 Å². The molecule has 8 heteroatoms. The lowest BCUT2D eigenvalue weighted by molar-refractivity contribution is -0.137. The molecule has 2 N–H and O–H groups in total. The molecule has 1 aromatic carbocycles. The van der Waals surface area contributed by atoms with Crippen LogP contribution in [0.4, 0.5) is 13.2 Å². The van der Waals surface area contributed by atoms with Crippen LogP contribution in [0.2, 0.25) is 0 Å². The monoisotopic (exact) mass is 310 g/mol. The summed E-state index contributed by atoms with van der Waals surface area (Å²) in [4.78, 5) is -0.344. The SMILES string of the molecule is CCNCCNS(=O)(=O)c1cc(C(F)(F)F)ccc1C. The molecule has 0 fully saturated rings. The fraction of sp³-hybridized carbons (Fsp3) is 0.500. The molecule has 0 radical (unpaired) electrons. The Kier molecular flexibility index (Phi) is 5.55. The first-order valence-electron chi connectivity index (χ1n) is 6.06. The maximum atomic E-state index is 12.6. The van der Waals surface area contributed by atoms with Crippen LogP contribution in [0.25, 0.3) is 0 Å². The van der Waals surface area contributed by atoms with Crippen molar-refractivity contribution in [3.8, 4) is 0 Å². The maximum Gasteiger partial charge on any atom is 0.416 e. The lowest BCUT2D eigenvalue weighted by Crippen LogP contribution is -2.32. The second-order valence-corrected chi connectivity index (χ2v) is 5.96. The van der Waals surface area contributed by atoms with E-state index in [0.29, 0.717) is 19.2 Å². The molecule has 1 rings (SSSR count). The Morgan fingerprint density at radius 3 is 2.40 bits per heavy atom. The van der Waals surface area contributed by atoms with E-state index in [1.54, 1.807) is 0 Å². The van der Waals surface area contributed by atoms with Gasteiger partial charge < -0.3 is 5.32 Å². The summed E-state index contributed by atoms with van der Waals surface area (Å²) in [7, 11) is -3.94. The van der Waals surface area contributed by atoms with Crippen molar-refractivity contribution >= 4 is 10.0 Å². The van der Waals surface area contributed by atoms with E-state index in [0.717, 1.165) is 12.1 Å². The van der Waals surface area contributed by atoms with Crippen LogP contribution in [0.5, 0.6) is 0 Å². The maximum absolute atomic E-state index is 12.6. The Hall–Kier alpha value is -1.12. The van der Waals surface area contributed by atoms with Crippen LogP contribution in [0.1, 0.15) is 18.1 Å². The molecule has 0 saturated heterocycles. The molecular formula is C12H17F3N2O2S. The molecule has 4 nitrogen and oxygen atoms in total. The first kappa shape index (κ1) is 16.9. The summed E-state index contributed by atoms with van der Waals surface area (Å²) in [5.41, 5.74) is -0.705. The molecule has 0 aliphatic rings. The molecule has 0 saturated carbocycles. The molecule has 114 valence electrons. The quantitative estimate of drug-likeness (QED) is 0.789. The van der Waals surface area contributed by atoms with E-state index in [4.69, 9.17) is 0 Å². The van der Waals surface area contributed by atoms with Crippen molar-refractivity contribution in [1.29, 1.82) is 0 Å². The largest absolute Gasteiger partial charge is 0.416 e. The second kappa shape index (κ2) is 6.55. The predicted octanol–water partition coefficient (Wildman–Crippen LogP) is 1.90. The van der Waals surface area contributed by atoms with Gasteiger partial charge in [-0.05, 0) is 31.2 Å². The number of sulfonamides is 1. The molecule has 0 atom stereocenters. The highest BCUT2D eigenvalue weighted by atomic mass is 32.2. The number of alkyl halides is 3. The summed E-state index contributed by atoms with van der Waals surface area (Å²) in [6, 6.07) is 2.68. The Morgan fingerprint density at radius 2 is 1.85 bits per heavy atom. The third-order valence-electron chi connectivity index (χ3n) is 2.65. The molecular weight excluding hydrogens is 293 g/mol. The summed E-state index contributed by atoms with van der Waals surface area (Å²) in [6.07, 6.45) is -4.57. The zero-order valence-electron chi connectivity index (χ0n) is 11.2. The zero-order valence-corrected chi connectivity index (χ0v) is 12.0. The van der Waals surface area contributed by atoms with Crippen molar-refractivity contribution in [2.24, 2.45) is 0 Å². The average molecular weight is 310 g/mol. The van der Waals surface area contributed by atoms with Crippen LogP contribution in [0.3, 0.4) is 0 Å². The number of likely N-dealkylation sites (N-methyl/N-ethyl adjacent to an activating group) is 1. The number of hydrogen-bond acceptors (Lipinski definition) is 3. The lowest BCUT2D eigenvalue weighted by Gasteiger charge is -2.13. The van der Waals surface area contributed by atoms with Crippen LogP contribution >= 0.6 is 0 Å². The summed E-state index contributed by atoms with van der Waals surface area (Å²) >= 11 is 0. The van der Waals surface area contributed by atoms with Gasteiger partial charge >= 0.3 is 6.18 Å². The van der Waals surface area contributed by atoms with Gasteiger partial charge in [0.2, 0.25) is 10.0 Å². The molecule has 20 heavy (non-hydrogen) atoms. The van der Waals surface area contributed by atoms with Gasteiger partial charge in [0.15, 0.2) is 0 Å². The second-order valence-electron chi connectivity index (χ2n) is 4.23. The Balaban J connectivity index is 2.99. The molecule has 0 aliphatic heterocycles. The van der Waals surface area contributed by atoms with E-state index in [1.807, 2.05) is 6.92 Å². The van der Waals surface area contributed by atoms with E-state index >= 15 is 0 Å². The van der Waals surface area contributed by atoms with Gasteiger partial charge in [0, 0.05) is 13.1 Å². The number of nitrogens with one attached hydrogen (secondary N) is 2. The first-order chi connectivity index (χ1) is 9.18. The molecule has 0 spiro atoms. The molecule has 0 unspecified atom stereocenters. The van der Waals surface area contributed by atoms with Gasteiger partial charge in [-0.25, -0.2) is 13.1 Å². The zero-order chi connectivity index (χ0) is 15.4. The van der Waals surface area contributed by atoms with Crippen molar-refractivity contribution in [3.63, 3.8) is 0 Å². The van der Waals surface area contributed by atoms with Crippen molar-refractivity contribution in [2.75, 3.05) is 19.6 Å². The Bertz CT molecular complexity index is 556. The third-order valence-corrected chi connectivity index (χ3v) is 4.25. The Morgan fingerprint density at radius 1 is 1.20 bits per heavy atom. The molecule has 0 bridgehead atoms. The highest BCUT2D eigenvalue weighted by molar-refractivity contribution is 7.89. The minimum absolute atomic E-state index is 0.117. The van der Waals surface area contributed by atoms with Crippen molar-refractivity contribution in [2.45, 2.75) is 24.9 Å². The molecule has 0 heterocycles. The number of hydrogen-bond donors (Lipinski definition) is 2. The summed E-state index contributed by atoms with van der Waals surface area (Å²) in [6.45, 7) is 4.54. The fourth-order valence-electron chi connectivity index (χ4n) is 1.59. The standard InChI is InChI=1S/C12H17F3N2O2S/c1-3-16-6-7-17-20(18,19)11-8-10(12(13,14)15)5-4-9(11)2/h4-5,8,16-17H,3,6-7H2,1-2H3. The molecule has 0 aromatic heterocycles. The third kappa shape index (κ3) is 4.46. The van der Waals surface area contributed by atoms with E-state index < -0.39 is 21.8 Å². The minimum Gasteiger partial charge on any atom is -0.316 e. The number of aryl methyl sites for hydroxylation is 1. The average Bonchev–Trinajstić information content (AvgIpc) is 2.33. The fourth-order valence-corrected chi connectivity index (χ4v) is 2.89. The van der Waals surface area contributed by atoms with Gasteiger partial charge in [0.1, 0.15) is 0 Å². The molecule has 0 aliphatic carbocycles. The molecule has 0 amide bonds. The van der Waals surface area contributed by atoms with Gasteiger partial charge in [0.05, 0.1) is 10.5 Å². The normalized spacial score (nSPS) is 12.7. The van der Waals surface area contributed by atoms with Crippen LogP contribution in [-0.2, 0) is 16.2 Å². The van der Waals surface area contributed by atoms with Crippen LogP contribution in [0.15, 0.2) is 23.1 Å². The highest BCUT2D eigenvalue weighted by Gasteiger charge is 2.32. The number of rotatable bonds is 6. The van der Waals surface area contributed by atoms with E-state index in [1.165, 1.54) is 6.92 Å². The minimum atomic E-state index is -4.57. The van der Waals surface area contributed by atoms with E-state index in [-0.39, 0.29) is 17.0 Å². The van der Waals surface area contributed by atoms with E-state index in [9.17, 15) is 21.6 Å². The summed E-state index contributed by atoms with van der Waals surface area (Å²) < 4.78 is 64.1. The smallest absolute Gasteiger partial charge is 0.316 e.